The van der Waals surface area contributed by atoms with Crippen molar-refractivity contribution in [3.8, 4) is 6.07 Å². The first-order valence-corrected chi connectivity index (χ1v) is 12.4. The lowest BCUT2D eigenvalue weighted by atomic mass is 9.88. The van der Waals surface area contributed by atoms with Gasteiger partial charge < -0.3 is 20.0 Å². The molecule has 0 radical (unpaired) electrons. The van der Waals surface area contributed by atoms with Gasteiger partial charge in [-0.1, -0.05) is 39.8 Å². The van der Waals surface area contributed by atoms with Gasteiger partial charge in [0.15, 0.2) is 0 Å². The van der Waals surface area contributed by atoms with Gasteiger partial charge in [0.25, 0.3) is 0 Å². The molecule has 1 aliphatic rings. The first-order valence-electron chi connectivity index (χ1n) is 11.4. The smallest absolute Gasteiger partial charge is 0.408 e. The molecule has 1 amide bonds. The Morgan fingerprint density at radius 3 is 2.70 bits per heavy atom. The topological polar surface area (TPSA) is 111 Å². The first kappa shape index (κ1) is 25.1. The summed E-state index contributed by atoms with van der Waals surface area (Å²) in [6.45, 7) is 10.9. The second-order valence-corrected chi connectivity index (χ2v) is 11.3. The minimum atomic E-state index is -0.890. The van der Waals surface area contributed by atoms with Gasteiger partial charge in [-0.3, -0.25) is 4.79 Å². The van der Waals surface area contributed by atoms with E-state index in [1.54, 1.807) is 30.0 Å². The summed E-state index contributed by atoms with van der Waals surface area (Å²) < 4.78 is 5.12. The van der Waals surface area contributed by atoms with Crippen molar-refractivity contribution in [2.45, 2.75) is 63.3 Å². The summed E-state index contributed by atoms with van der Waals surface area (Å²) in [6.07, 6.45) is 2.24. The molecule has 1 aliphatic heterocycles. The van der Waals surface area contributed by atoms with Crippen LogP contribution < -0.4 is 16.4 Å². The van der Waals surface area contributed by atoms with Crippen molar-refractivity contribution in [3.05, 3.63) is 34.8 Å². The number of likely N-dealkylation sites (tertiary alicyclic amines) is 1. The number of hydrogen-bond acceptors (Lipinski definition) is 8. The fourth-order valence-corrected chi connectivity index (χ4v) is 4.77. The summed E-state index contributed by atoms with van der Waals surface area (Å²) in [5.74, 6) is -0.234. The molecule has 0 spiro atoms. The van der Waals surface area contributed by atoms with Crippen LogP contribution in [0.3, 0.4) is 0 Å². The molecule has 2 aromatic rings. The van der Waals surface area contributed by atoms with Gasteiger partial charge in [0.1, 0.15) is 23.0 Å². The highest BCUT2D eigenvalue weighted by Gasteiger charge is 2.38. The van der Waals surface area contributed by atoms with Crippen molar-refractivity contribution in [3.63, 3.8) is 0 Å². The van der Waals surface area contributed by atoms with Crippen molar-refractivity contribution in [1.29, 1.82) is 5.26 Å². The molecule has 1 saturated heterocycles. The Morgan fingerprint density at radius 1 is 1.36 bits per heavy atom. The summed E-state index contributed by atoms with van der Waals surface area (Å²) in [7, 11) is 0. The summed E-state index contributed by atoms with van der Waals surface area (Å²) in [4.78, 5) is 31.8. The number of carbonyl (C=O) groups excluding carboxylic acids is 1. The van der Waals surface area contributed by atoms with Crippen molar-refractivity contribution < 1.29 is 10.6 Å². The molecule has 1 atom stereocenters. The zero-order chi connectivity index (χ0) is 24.1. The second-order valence-electron chi connectivity index (χ2n) is 9.47. The van der Waals surface area contributed by atoms with Crippen LogP contribution in [0.25, 0.3) is 11.0 Å². The third kappa shape index (κ3) is 6.71. The van der Waals surface area contributed by atoms with Crippen molar-refractivity contribution >= 4 is 34.5 Å². The highest BCUT2D eigenvalue weighted by atomic mass is 32.2. The van der Waals surface area contributed by atoms with Crippen molar-refractivity contribution in [1.82, 2.24) is 15.2 Å². The minimum absolute atomic E-state index is 0. The van der Waals surface area contributed by atoms with Gasteiger partial charge in [-0.15, -0.1) is 0 Å². The molecule has 3 rings (SSSR count). The van der Waals surface area contributed by atoms with Crippen LogP contribution in [0.2, 0.25) is 0 Å². The zero-order valence-electron chi connectivity index (χ0n) is 19.8. The monoisotopic (exact) mass is 473 g/mol. The van der Waals surface area contributed by atoms with Crippen LogP contribution in [0, 0.1) is 11.3 Å². The average molecular weight is 474 g/mol. The van der Waals surface area contributed by atoms with E-state index >= 15 is 0 Å². The number of aromatic nitrogens is 1. The highest BCUT2D eigenvalue weighted by molar-refractivity contribution is 8.00. The predicted octanol–water partition coefficient (Wildman–Crippen LogP) is 3.63. The second kappa shape index (κ2) is 10.6. The molecular weight excluding hydrogens is 438 g/mol. The van der Waals surface area contributed by atoms with Crippen LogP contribution in [0.4, 0.5) is 5.82 Å². The fraction of sp³-hybridized carbons (Fsp3) is 0.583. The Morgan fingerprint density at radius 2 is 2.06 bits per heavy atom. The molecule has 0 bridgehead atoms. The lowest BCUT2D eigenvalue weighted by molar-refractivity contribution is -0.123. The molecule has 1 aromatic carbocycles. The molecular formula is C24H35N5O3S. The van der Waals surface area contributed by atoms with Gasteiger partial charge in [0.05, 0.1) is 11.5 Å². The van der Waals surface area contributed by atoms with Gasteiger partial charge in [0.2, 0.25) is 5.91 Å². The largest absolute Gasteiger partial charge is 0.441 e. The van der Waals surface area contributed by atoms with Crippen LogP contribution in [-0.4, -0.2) is 57.5 Å². The van der Waals surface area contributed by atoms with E-state index in [2.05, 4.69) is 54.3 Å². The third-order valence-electron chi connectivity index (χ3n) is 5.68. The van der Waals surface area contributed by atoms with E-state index in [1.807, 2.05) is 6.07 Å². The van der Waals surface area contributed by atoms with Crippen LogP contribution in [0.5, 0.6) is 0 Å². The maximum atomic E-state index is 13.4. The van der Waals surface area contributed by atoms with E-state index in [4.69, 9.17) is 4.42 Å². The van der Waals surface area contributed by atoms with Gasteiger partial charge in [-0.25, -0.2) is 4.79 Å². The predicted molar refractivity (Wildman–Crippen MR) is 134 cm³/mol. The molecule has 2 N–H and O–H groups in total. The maximum Gasteiger partial charge on any atom is 0.441 e. The van der Waals surface area contributed by atoms with Crippen LogP contribution in [0.1, 0.15) is 48.4 Å². The number of anilines is 1. The number of benzene rings is 1. The number of thioether (sulfide) groups is 1. The van der Waals surface area contributed by atoms with E-state index in [1.165, 1.54) is 0 Å². The van der Waals surface area contributed by atoms with Crippen LogP contribution in [-0.2, 0) is 4.79 Å². The van der Waals surface area contributed by atoms with E-state index in [0.29, 0.717) is 35.4 Å². The average Bonchev–Trinajstić information content (AvgIpc) is 2.77. The molecule has 8 nitrogen and oxygen atoms in total. The standard InChI is InChI=1S/C24H33N5O3S.H2/c1-5-12-29-13-10-24(16-25,11-14-29)28-21(30)18(15-33-23(2,3)4)26-20-17-8-6-7-9-19(17)32-22(31)27-20;/h6-9,18H,5,10-15H2,1-4H3,(H,28,30)(H,26,27,31);1H/t18-;/m0./s1. The number of amides is 1. The highest BCUT2D eigenvalue weighted by Crippen LogP contribution is 2.27. The number of rotatable bonds is 8. The first-order chi connectivity index (χ1) is 15.6. The number of hydrogen-bond donors (Lipinski definition) is 2. The van der Waals surface area contributed by atoms with E-state index < -0.39 is 17.3 Å². The zero-order valence-corrected chi connectivity index (χ0v) is 20.6. The third-order valence-corrected chi connectivity index (χ3v) is 7.04. The summed E-state index contributed by atoms with van der Waals surface area (Å²) in [5, 5.41) is 16.8. The van der Waals surface area contributed by atoms with Gasteiger partial charge in [0, 0.05) is 25.0 Å². The Hall–Kier alpha value is -2.57. The van der Waals surface area contributed by atoms with E-state index in [0.717, 1.165) is 26.1 Å². The number of fused-ring (bicyclic) bond motifs is 1. The minimum Gasteiger partial charge on any atom is -0.408 e. The van der Waals surface area contributed by atoms with E-state index in [9.17, 15) is 14.9 Å². The lowest BCUT2D eigenvalue weighted by Gasteiger charge is -2.38. The van der Waals surface area contributed by atoms with Gasteiger partial charge >= 0.3 is 5.76 Å². The number of nitrogens with one attached hydrogen (secondary N) is 2. The normalized spacial score (nSPS) is 17.3. The number of nitriles is 1. The molecule has 0 unspecified atom stereocenters. The number of nitrogens with zero attached hydrogens (tertiary/aromatic N) is 3. The molecule has 1 fully saturated rings. The molecule has 180 valence electrons. The SMILES string of the molecule is CCCN1CCC(C#N)(NC(=O)[C@H](CSC(C)(C)C)Nc2nc(=O)oc3ccccc23)CC1.[HH]. The number of piperidine rings is 1. The molecule has 1 aromatic heterocycles. The Balaban J connectivity index is 0.00000408. The molecule has 0 saturated carbocycles. The van der Waals surface area contributed by atoms with Crippen molar-refractivity contribution in [2.24, 2.45) is 0 Å². The number of para-hydroxylation sites is 1. The maximum absolute atomic E-state index is 13.4. The Bertz CT molecular complexity index is 1070. The summed E-state index contributed by atoms with van der Waals surface area (Å²) >= 11 is 1.63. The van der Waals surface area contributed by atoms with Crippen LogP contribution >= 0.6 is 11.8 Å². The Kier molecular flexibility index (Phi) is 8.03. The van der Waals surface area contributed by atoms with E-state index in [-0.39, 0.29) is 12.1 Å². The molecule has 9 heteroatoms. The Labute approximate surface area is 200 Å². The van der Waals surface area contributed by atoms with Crippen LogP contribution in [0.15, 0.2) is 33.5 Å². The molecule has 33 heavy (non-hydrogen) atoms. The number of carbonyl (C=O) groups is 1. The van der Waals surface area contributed by atoms with Crippen molar-refractivity contribution in [2.75, 3.05) is 30.7 Å². The van der Waals surface area contributed by atoms with Gasteiger partial charge in [-0.05, 0) is 37.9 Å². The van der Waals surface area contributed by atoms with Gasteiger partial charge in [-0.2, -0.15) is 22.0 Å². The fourth-order valence-electron chi connectivity index (χ4n) is 3.87. The molecule has 0 aliphatic carbocycles. The molecule has 2 heterocycles. The summed E-state index contributed by atoms with van der Waals surface area (Å²) in [5.41, 5.74) is -0.488. The lowest BCUT2D eigenvalue weighted by Crippen LogP contribution is -2.58. The summed E-state index contributed by atoms with van der Waals surface area (Å²) in [6, 6.07) is 8.77. The quantitative estimate of drug-likeness (QED) is 0.598.